The zero-order valence-corrected chi connectivity index (χ0v) is 20.4. The Balaban J connectivity index is 1.71. The van der Waals surface area contributed by atoms with E-state index < -0.39 is 0 Å². The van der Waals surface area contributed by atoms with Gasteiger partial charge in [-0.3, -0.25) is 4.79 Å². The van der Waals surface area contributed by atoms with Gasteiger partial charge in [0.2, 0.25) is 0 Å². The van der Waals surface area contributed by atoms with E-state index in [4.69, 9.17) is 5.10 Å². The number of likely N-dealkylation sites (N-methyl/N-ethyl adjacent to an activating group) is 1. The van der Waals surface area contributed by atoms with E-state index in [1.165, 1.54) is 12.1 Å². The monoisotopic (exact) mass is 463 g/mol. The largest absolute Gasteiger partial charge is 0.354 e. The molecule has 1 aromatic heterocycles. The van der Waals surface area contributed by atoms with E-state index in [1.54, 1.807) is 12.1 Å². The smallest absolute Gasteiger partial charge is 0.254 e. The number of piperazine rings is 1. The molecule has 3 aromatic rings. The van der Waals surface area contributed by atoms with Crippen molar-refractivity contribution in [3.8, 4) is 5.69 Å². The molecule has 2 heterocycles. The van der Waals surface area contributed by atoms with Gasteiger partial charge in [-0.2, -0.15) is 5.10 Å². The number of hydrogen-bond acceptors (Lipinski definition) is 4. The van der Waals surface area contributed by atoms with Crippen LogP contribution in [-0.4, -0.2) is 64.8 Å². The van der Waals surface area contributed by atoms with Crippen molar-refractivity contribution in [1.82, 2.24) is 19.6 Å². The average molecular weight is 464 g/mol. The van der Waals surface area contributed by atoms with Gasteiger partial charge in [0, 0.05) is 43.9 Å². The summed E-state index contributed by atoms with van der Waals surface area (Å²) in [4.78, 5) is 20.1. The first-order chi connectivity index (χ1) is 16.5. The van der Waals surface area contributed by atoms with Crippen LogP contribution in [0, 0.1) is 12.7 Å². The fourth-order valence-electron chi connectivity index (χ4n) is 4.57. The Morgan fingerprint density at radius 2 is 1.68 bits per heavy atom. The molecule has 1 saturated heterocycles. The molecule has 6 nitrogen and oxygen atoms in total. The van der Waals surface area contributed by atoms with Crippen LogP contribution in [0.25, 0.3) is 5.69 Å². The van der Waals surface area contributed by atoms with Crippen LogP contribution < -0.4 is 4.90 Å². The highest BCUT2D eigenvalue weighted by Crippen LogP contribution is 2.30. The zero-order chi connectivity index (χ0) is 24.1. The summed E-state index contributed by atoms with van der Waals surface area (Å²) in [5.41, 5.74) is 3.50. The lowest BCUT2D eigenvalue weighted by Gasteiger charge is -2.36. The molecule has 1 fully saturated rings. The van der Waals surface area contributed by atoms with Crippen LogP contribution in [0.2, 0.25) is 0 Å². The fourth-order valence-corrected chi connectivity index (χ4v) is 4.57. The lowest BCUT2D eigenvalue weighted by molar-refractivity contribution is 0.0743. The number of benzene rings is 2. The molecule has 7 heteroatoms. The molecule has 1 amide bonds. The van der Waals surface area contributed by atoms with Crippen LogP contribution in [0.5, 0.6) is 0 Å². The second kappa shape index (κ2) is 10.8. The molecule has 4 rings (SSSR count). The molecule has 180 valence electrons. The van der Waals surface area contributed by atoms with Crippen LogP contribution in [0.1, 0.15) is 41.9 Å². The highest BCUT2D eigenvalue weighted by molar-refractivity contribution is 5.94. The standard InChI is InChI=1S/C27H34FN5O/c1-4-15-32(27(34)22-11-13-23(28)14-12-22)20-25-21(3)29-33(24-9-7-6-8-10-24)26(25)31-18-16-30(5-2)17-19-31/h6-14H,4-5,15-20H2,1-3H3. The average Bonchev–Trinajstić information content (AvgIpc) is 3.20. The highest BCUT2D eigenvalue weighted by Gasteiger charge is 2.27. The Bertz CT molecular complexity index is 1090. The van der Waals surface area contributed by atoms with Gasteiger partial charge in [0.1, 0.15) is 11.6 Å². The van der Waals surface area contributed by atoms with Crippen molar-refractivity contribution in [2.45, 2.75) is 33.7 Å². The summed E-state index contributed by atoms with van der Waals surface area (Å²) in [7, 11) is 0. The predicted molar refractivity (Wildman–Crippen MR) is 134 cm³/mol. The van der Waals surface area contributed by atoms with Crippen LogP contribution >= 0.6 is 0 Å². The molecule has 0 unspecified atom stereocenters. The fraction of sp³-hybridized carbons (Fsp3) is 0.407. The van der Waals surface area contributed by atoms with E-state index >= 15 is 0 Å². The zero-order valence-electron chi connectivity index (χ0n) is 20.4. The molecule has 0 aliphatic carbocycles. The van der Waals surface area contributed by atoms with Gasteiger partial charge in [-0.15, -0.1) is 0 Å². The van der Waals surface area contributed by atoms with E-state index in [1.807, 2.05) is 34.7 Å². The minimum atomic E-state index is -0.341. The van der Waals surface area contributed by atoms with E-state index in [-0.39, 0.29) is 11.7 Å². The predicted octanol–water partition coefficient (Wildman–Crippen LogP) is 4.51. The lowest BCUT2D eigenvalue weighted by Crippen LogP contribution is -2.47. The Labute approximate surface area is 201 Å². The van der Waals surface area contributed by atoms with Gasteiger partial charge in [-0.05, 0) is 56.3 Å². The Morgan fingerprint density at radius 1 is 1.00 bits per heavy atom. The number of anilines is 1. The van der Waals surface area contributed by atoms with E-state index in [0.29, 0.717) is 18.7 Å². The van der Waals surface area contributed by atoms with Gasteiger partial charge in [-0.1, -0.05) is 32.0 Å². The molecule has 0 bridgehead atoms. The van der Waals surface area contributed by atoms with E-state index in [0.717, 1.165) is 61.9 Å². The lowest BCUT2D eigenvalue weighted by atomic mass is 10.1. The van der Waals surface area contributed by atoms with Gasteiger partial charge in [0.25, 0.3) is 5.91 Å². The summed E-state index contributed by atoms with van der Waals surface area (Å²) in [5.74, 6) is 0.634. The molecule has 0 saturated carbocycles. The quantitative estimate of drug-likeness (QED) is 0.493. The van der Waals surface area contributed by atoms with E-state index in [2.05, 4.69) is 35.8 Å². The summed E-state index contributed by atoms with van der Waals surface area (Å²) in [6.45, 7) is 12.3. The van der Waals surface area contributed by atoms with Gasteiger partial charge in [0.05, 0.1) is 17.9 Å². The molecule has 34 heavy (non-hydrogen) atoms. The number of hydrogen-bond donors (Lipinski definition) is 0. The molecule has 1 aliphatic rings. The van der Waals surface area contributed by atoms with Crippen molar-refractivity contribution in [2.75, 3.05) is 44.2 Å². The SMILES string of the molecule is CCCN(Cc1c(C)nn(-c2ccccc2)c1N1CCN(CC)CC1)C(=O)c1ccc(F)cc1. The van der Waals surface area contributed by atoms with Gasteiger partial charge in [0.15, 0.2) is 0 Å². The number of carbonyl (C=O) groups excluding carboxylic acids is 1. The third-order valence-corrected chi connectivity index (χ3v) is 6.50. The number of amides is 1. The van der Waals surface area contributed by atoms with Crippen molar-refractivity contribution in [3.05, 3.63) is 77.2 Å². The Hall–Kier alpha value is -3.19. The number of aromatic nitrogens is 2. The first kappa shape index (κ1) is 24.0. The summed E-state index contributed by atoms with van der Waals surface area (Å²) in [5, 5.41) is 4.93. The maximum absolute atomic E-state index is 13.4. The summed E-state index contributed by atoms with van der Waals surface area (Å²) in [6.07, 6.45) is 0.837. The second-order valence-corrected chi connectivity index (χ2v) is 8.79. The minimum Gasteiger partial charge on any atom is -0.354 e. The first-order valence-electron chi connectivity index (χ1n) is 12.2. The highest BCUT2D eigenvalue weighted by atomic mass is 19.1. The second-order valence-electron chi connectivity index (χ2n) is 8.79. The molecular formula is C27H34FN5O. The Kier molecular flexibility index (Phi) is 7.63. The molecule has 0 atom stereocenters. The first-order valence-corrected chi connectivity index (χ1v) is 12.2. The van der Waals surface area contributed by atoms with Crippen molar-refractivity contribution in [2.24, 2.45) is 0 Å². The molecule has 2 aromatic carbocycles. The van der Waals surface area contributed by atoms with Crippen LogP contribution in [-0.2, 0) is 6.54 Å². The van der Waals surface area contributed by atoms with Crippen LogP contribution in [0.15, 0.2) is 54.6 Å². The number of nitrogens with zero attached hydrogens (tertiary/aromatic N) is 5. The summed E-state index contributed by atoms with van der Waals surface area (Å²) < 4.78 is 15.5. The Morgan fingerprint density at radius 3 is 2.29 bits per heavy atom. The number of aryl methyl sites for hydroxylation is 1. The minimum absolute atomic E-state index is 0.0875. The molecule has 1 aliphatic heterocycles. The third kappa shape index (κ3) is 5.14. The van der Waals surface area contributed by atoms with E-state index in [9.17, 15) is 9.18 Å². The molecule has 0 N–H and O–H groups in total. The number of carbonyl (C=O) groups is 1. The van der Waals surface area contributed by atoms with Crippen LogP contribution in [0.4, 0.5) is 10.2 Å². The van der Waals surface area contributed by atoms with Crippen molar-refractivity contribution >= 4 is 11.7 Å². The molecule has 0 radical (unpaired) electrons. The number of rotatable bonds is 8. The summed E-state index contributed by atoms with van der Waals surface area (Å²) >= 11 is 0. The maximum Gasteiger partial charge on any atom is 0.254 e. The summed E-state index contributed by atoms with van der Waals surface area (Å²) in [6, 6.07) is 16.0. The van der Waals surface area contributed by atoms with Gasteiger partial charge in [-0.25, -0.2) is 9.07 Å². The van der Waals surface area contributed by atoms with Gasteiger partial charge >= 0.3 is 0 Å². The maximum atomic E-state index is 13.4. The normalized spacial score (nSPS) is 14.4. The molecule has 0 spiro atoms. The molecular weight excluding hydrogens is 429 g/mol. The van der Waals surface area contributed by atoms with Crippen molar-refractivity contribution in [1.29, 1.82) is 0 Å². The third-order valence-electron chi connectivity index (χ3n) is 6.50. The van der Waals surface area contributed by atoms with Gasteiger partial charge < -0.3 is 14.7 Å². The van der Waals surface area contributed by atoms with Crippen molar-refractivity contribution < 1.29 is 9.18 Å². The van der Waals surface area contributed by atoms with Crippen LogP contribution in [0.3, 0.4) is 0 Å². The number of halogens is 1. The topological polar surface area (TPSA) is 44.6 Å². The number of para-hydroxylation sites is 1. The van der Waals surface area contributed by atoms with Crippen molar-refractivity contribution in [3.63, 3.8) is 0 Å².